The molecule has 5 heteroatoms. The molecule has 0 saturated heterocycles. The maximum atomic E-state index is 11.9. The summed E-state index contributed by atoms with van der Waals surface area (Å²) in [5.41, 5.74) is 6.01. The van der Waals surface area contributed by atoms with Crippen LogP contribution < -0.4 is 15.8 Å². The molecule has 0 aromatic heterocycles. The average Bonchev–Trinajstić information content (AvgIpc) is 2.58. The number of rotatable bonds is 5. The number of para-hydroxylation sites is 1. The van der Waals surface area contributed by atoms with E-state index >= 15 is 0 Å². The van der Waals surface area contributed by atoms with Crippen LogP contribution >= 0.6 is 0 Å². The maximum absolute atomic E-state index is 11.9. The molecule has 1 aliphatic rings. The van der Waals surface area contributed by atoms with Crippen LogP contribution in [-0.4, -0.2) is 42.1 Å². The Bertz CT molecular complexity index is 504. The van der Waals surface area contributed by atoms with Crippen molar-refractivity contribution in [2.45, 2.75) is 38.9 Å². The second-order valence-electron chi connectivity index (χ2n) is 6.16. The molecule has 0 spiro atoms. The number of carbonyl (C=O) groups excluding carboxylic acids is 1. The van der Waals surface area contributed by atoms with Crippen molar-refractivity contribution in [3.05, 3.63) is 29.8 Å². The topological polar surface area (TPSA) is 67.6 Å². The lowest BCUT2D eigenvalue weighted by Gasteiger charge is -2.34. The minimum Gasteiger partial charge on any atom is -0.492 e. The molecule has 3 N–H and O–H groups in total. The van der Waals surface area contributed by atoms with Gasteiger partial charge in [0.2, 0.25) is 5.91 Å². The number of hydrogen-bond donors (Lipinski definition) is 2. The molecule has 1 atom stereocenters. The second kappa shape index (κ2) is 6.45. The number of ether oxygens (including phenoxy) is 1. The van der Waals surface area contributed by atoms with Crippen LogP contribution in [0.2, 0.25) is 0 Å². The van der Waals surface area contributed by atoms with Gasteiger partial charge < -0.3 is 15.8 Å². The van der Waals surface area contributed by atoms with Crippen molar-refractivity contribution in [3.63, 3.8) is 0 Å². The van der Waals surface area contributed by atoms with E-state index in [2.05, 4.69) is 16.3 Å². The van der Waals surface area contributed by atoms with Crippen LogP contribution in [0, 0.1) is 0 Å². The summed E-state index contributed by atoms with van der Waals surface area (Å²) in [4.78, 5) is 14.1. The predicted molar refractivity (Wildman–Crippen MR) is 83.1 cm³/mol. The van der Waals surface area contributed by atoms with Crippen molar-refractivity contribution in [2.75, 3.05) is 19.7 Å². The van der Waals surface area contributed by atoms with Gasteiger partial charge in [0.25, 0.3) is 0 Å². The third-order valence-corrected chi connectivity index (χ3v) is 3.72. The highest BCUT2D eigenvalue weighted by Crippen LogP contribution is 2.23. The molecule has 0 radical (unpaired) electrons. The van der Waals surface area contributed by atoms with E-state index in [4.69, 9.17) is 10.5 Å². The van der Waals surface area contributed by atoms with Crippen LogP contribution in [-0.2, 0) is 11.3 Å². The first-order valence-electron chi connectivity index (χ1n) is 7.41. The minimum absolute atomic E-state index is 0.193. The van der Waals surface area contributed by atoms with Gasteiger partial charge in [-0.2, -0.15) is 0 Å². The lowest BCUT2D eigenvalue weighted by Crippen LogP contribution is -2.61. The Morgan fingerprint density at radius 2 is 2.19 bits per heavy atom. The fraction of sp³-hybridized carbons (Fsp3) is 0.562. The van der Waals surface area contributed by atoms with Gasteiger partial charge in [-0.15, -0.1) is 0 Å². The standard InChI is InChI=1S/C16H25N3O2/c1-12(2)18-16(3,15(17)20)11-19-8-9-21-14-7-5-4-6-13(14)10-19/h4-7,12,18H,8-11H2,1-3H3,(H2,17,20). The number of nitrogens with one attached hydrogen (secondary N) is 1. The molecule has 2 rings (SSSR count). The number of amides is 1. The van der Waals surface area contributed by atoms with Gasteiger partial charge in [-0.3, -0.25) is 9.69 Å². The van der Waals surface area contributed by atoms with Gasteiger partial charge in [-0.05, 0) is 26.8 Å². The third-order valence-electron chi connectivity index (χ3n) is 3.72. The minimum atomic E-state index is -0.743. The summed E-state index contributed by atoms with van der Waals surface area (Å²) in [5.74, 6) is 0.604. The van der Waals surface area contributed by atoms with E-state index in [0.717, 1.165) is 24.4 Å². The first-order valence-corrected chi connectivity index (χ1v) is 7.41. The highest BCUT2D eigenvalue weighted by molar-refractivity contribution is 5.84. The fourth-order valence-corrected chi connectivity index (χ4v) is 2.79. The van der Waals surface area contributed by atoms with Crippen molar-refractivity contribution in [2.24, 2.45) is 5.73 Å². The van der Waals surface area contributed by atoms with Gasteiger partial charge in [0.1, 0.15) is 17.9 Å². The number of primary amides is 1. The predicted octanol–water partition coefficient (Wildman–Crippen LogP) is 1.12. The van der Waals surface area contributed by atoms with Crippen LogP contribution in [0.1, 0.15) is 26.3 Å². The lowest BCUT2D eigenvalue weighted by atomic mass is 9.99. The molecule has 1 amide bonds. The summed E-state index contributed by atoms with van der Waals surface area (Å²) < 4.78 is 5.76. The van der Waals surface area contributed by atoms with E-state index < -0.39 is 5.54 Å². The summed E-state index contributed by atoms with van der Waals surface area (Å²) >= 11 is 0. The molecule has 116 valence electrons. The Balaban J connectivity index is 2.13. The molecule has 1 aliphatic heterocycles. The van der Waals surface area contributed by atoms with E-state index in [-0.39, 0.29) is 11.9 Å². The van der Waals surface area contributed by atoms with Gasteiger partial charge in [-0.25, -0.2) is 0 Å². The molecule has 0 saturated carbocycles. The highest BCUT2D eigenvalue weighted by atomic mass is 16.5. The highest BCUT2D eigenvalue weighted by Gasteiger charge is 2.34. The Hall–Kier alpha value is -1.59. The Kier molecular flexibility index (Phi) is 4.85. The SMILES string of the molecule is CC(C)NC(C)(CN1CCOc2ccccc2C1)C(N)=O. The number of fused-ring (bicyclic) bond motifs is 1. The zero-order valence-electron chi connectivity index (χ0n) is 13.1. The molecule has 0 aliphatic carbocycles. The smallest absolute Gasteiger partial charge is 0.238 e. The van der Waals surface area contributed by atoms with Crippen LogP contribution in [0.3, 0.4) is 0 Å². The summed E-state index contributed by atoms with van der Waals surface area (Å²) in [7, 11) is 0. The normalized spacial score (nSPS) is 18.5. The van der Waals surface area contributed by atoms with E-state index in [1.165, 1.54) is 0 Å². The van der Waals surface area contributed by atoms with Crippen molar-refractivity contribution < 1.29 is 9.53 Å². The van der Waals surface area contributed by atoms with Crippen LogP contribution in [0.25, 0.3) is 0 Å². The molecule has 21 heavy (non-hydrogen) atoms. The Labute approximate surface area is 126 Å². The van der Waals surface area contributed by atoms with Gasteiger partial charge in [0.05, 0.1) is 0 Å². The second-order valence-corrected chi connectivity index (χ2v) is 6.16. The lowest BCUT2D eigenvalue weighted by molar-refractivity contribution is -0.125. The first kappa shape index (κ1) is 15.8. The molecule has 0 fully saturated rings. The van der Waals surface area contributed by atoms with E-state index in [9.17, 15) is 4.79 Å². The molecule has 5 nitrogen and oxygen atoms in total. The third kappa shape index (κ3) is 3.95. The van der Waals surface area contributed by atoms with Gasteiger partial charge in [-0.1, -0.05) is 18.2 Å². The monoisotopic (exact) mass is 291 g/mol. The Morgan fingerprint density at radius 1 is 1.48 bits per heavy atom. The van der Waals surface area contributed by atoms with Crippen molar-refractivity contribution in [1.82, 2.24) is 10.2 Å². The molecule has 1 unspecified atom stereocenters. The molecule has 0 bridgehead atoms. The zero-order chi connectivity index (χ0) is 15.5. The average molecular weight is 291 g/mol. The summed E-state index contributed by atoms with van der Waals surface area (Å²) in [6, 6.07) is 8.22. The van der Waals surface area contributed by atoms with Crippen molar-refractivity contribution in [3.8, 4) is 5.75 Å². The molecular formula is C16H25N3O2. The molecular weight excluding hydrogens is 266 g/mol. The molecule has 1 aromatic carbocycles. The van der Waals surface area contributed by atoms with Crippen molar-refractivity contribution in [1.29, 1.82) is 0 Å². The van der Waals surface area contributed by atoms with Crippen LogP contribution in [0.15, 0.2) is 24.3 Å². The van der Waals surface area contributed by atoms with Crippen LogP contribution in [0.4, 0.5) is 0 Å². The summed E-state index contributed by atoms with van der Waals surface area (Å²) in [6.07, 6.45) is 0. The molecule has 1 aromatic rings. The van der Waals surface area contributed by atoms with E-state index in [1.54, 1.807) is 0 Å². The van der Waals surface area contributed by atoms with Gasteiger partial charge in [0, 0.05) is 31.2 Å². The Morgan fingerprint density at radius 3 is 2.86 bits per heavy atom. The zero-order valence-corrected chi connectivity index (χ0v) is 13.1. The largest absolute Gasteiger partial charge is 0.492 e. The van der Waals surface area contributed by atoms with Gasteiger partial charge in [0.15, 0.2) is 0 Å². The van der Waals surface area contributed by atoms with Crippen molar-refractivity contribution >= 4 is 5.91 Å². The molecule has 1 heterocycles. The number of carbonyl (C=O) groups is 1. The number of benzene rings is 1. The quantitative estimate of drug-likeness (QED) is 0.853. The number of hydrogen-bond acceptors (Lipinski definition) is 4. The van der Waals surface area contributed by atoms with E-state index in [1.807, 2.05) is 39.0 Å². The fourth-order valence-electron chi connectivity index (χ4n) is 2.79. The van der Waals surface area contributed by atoms with Gasteiger partial charge >= 0.3 is 0 Å². The maximum Gasteiger partial charge on any atom is 0.238 e. The number of nitrogens with two attached hydrogens (primary N) is 1. The summed E-state index contributed by atoms with van der Waals surface area (Å²) in [6.45, 7) is 8.62. The summed E-state index contributed by atoms with van der Waals surface area (Å²) in [5, 5.41) is 3.29. The van der Waals surface area contributed by atoms with Crippen LogP contribution in [0.5, 0.6) is 5.75 Å². The first-order chi connectivity index (χ1) is 9.90. The van der Waals surface area contributed by atoms with E-state index in [0.29, 0.717) is 13.2 Å². The number of nitrogens with zero attached hydrogens (tertiary/aromatic N) is 1.